The van der Waals surface area contributed by atoms with E-state index in [0.717, 1.165) is 22.3 Å². The van der Waals surface area contributed by atoms with E-state index in [1.54, 1.807) is 6.07 Å². The number of aromatic nitrogens is 3. The predicted molar refractivity (Wildman–Crippen MR) is 88.5 cm³/mol. The van der Waals surface area contributed by atoms with Crippen molar-refractivity contribution >= 4 is 17.4 Å². The number of amides is 1. The fraction of sp³-hybridized carbons (Fsp3) is 0.471. The Morgan fingerprint density at radius 2 is 2.04 bits per heavy atom. The number of hydrogen-bond acceptors (Lipinski definition) is 4. The van der Waals surface area contributed by atoms with Crippen molar-refractivity contribution in [3.8, 4) is 0 Å². The number of rotatable bonds is 5. The highest BCUT2D eigenvalue weighted by atomic mass is 19.4. The van der Waals surface area contributed by atoms with E-state index in [9.17, 15) is 26.7 Å². The molecule has 11 heteroatoms. The van der Waals surface area contributed by atoms with Crippen LogP contribution in [0.4, 0.5) is 27.8 Å². The van der Waals surface area contributed by atoms with Crippen molar-refractivity contribution in [3.63, 3.8) is 0 Å². The van der Waals surface area contributed by atoms with E-state index in [1.807, 2.05) is 0 Å². The number of nitrogens with zero attached hydrogens (tertiary/aromatic N) is 4. The van der Waals surface area contributed by atoms with Crippen molar-refractivity contribution in [3.05, 3.63) is 35.7 Å². The molecule has 1 saturated carbocycles. The molecule has 28 heavy (non-hydrogen) atoms. The van der Waals surface area contributed by atoms with Gasteiger partial charge in [0, 0.05) is 24.9 Å². The summed E-state index contributed by atoms with van der Waals surface area (Å²) in [5.74, 6) is -0.806. The Hall–Kier alpha value is -2.72. The molecule has 3 heterocycles. The topological polar surface area (TPSA) is 62.5 Å². The molecule has 0 bridgehead atoms. The van der Waals surface area contributed by atoms with Gasteiger partial charge in [0.25, 0.3) is 6.08 Å². The number of imidazole rings is 1. The SMILES string of the molecule is O=C1CC(C=C(F)F)CN1Cc1c(C(F)(F)F)nc2ccc(NC3CC3)nn12. The van der Waals surface area contributed by atoms with Crippen molar-refractivity contribution in [1.29, 1.82) is 0 Å². The van der Waals surface area contributed by atoms with Crippen LogP contribution in [0.1, 0.15) is 30.7 Å². The minimum absolute atomic E-state index is 0.00145. The Labute approximate surface area is 156 Å². The second-order valence-corrected chi connectivity index (χ2v) is 7.01. The van der Waals surface area contributed by atoms with Gasteiger partial charge in [-0.2, -0.15) is 22.0 Å². The van der Waals surface area contributed by atoms with Crippen LogP contribution in [0, 0.1) is 5.92 Å². The molecule has 1 amide bonds. The maximum Gasteiger partial charge on any atom is 0.435 e. The third kappa shape index (κ3) is 3.78. The van der Waals surface area contributed by atoms with Crippen LogP contribution in [-0.2, 0) is 17.5 Å². The largest absolute Gasteiger partial charge is 0.435 e. The molecule has 1 unspecified atom stereocenters. The van der Waals surface area contributed by atoms with Crippen LogP contribution in [0.3, 0.4) is 0 Å². The van der Waals surface area contributed by atoms with Gasteiger partial charge >= 0.3 is 6.18 Å². The van der Waals surface area contributed by atoms with Gasteiger partial charge in [0.15, 0.2) is 11.3 Å². The lowest BCUT2D eigenvalue weighted by molar-refractivity contribution is -0.142. The van der Waals surface area contributed by atoms with E-state index in [1.165, 1.54) is 6.07 Å². The van der Waals surface area contributed by atoms with E-state index < -0.39 is 36.3 Å². The summed E-state index contributed by atoms with van der Waals surface area (Å²) in [6.07, 6.45) is -4.23. The number of fused-ring (bicyclic) bond motifs is 1. The zero-order valence-electron chi connectivity index (χ0n) is 14.5. The van der Waals surface area contributed by atoms with E-state index in [-0.39, 0.29) is 30.3 Å². The van der Waals surface area contributed by atoms with Gasteiger partial charge in [-0.1, -0.05) is 0 Å². The van der Waals surface area contributed by atoms with E-state index >= 15 is 0 Å². The highest BCUT2D eigenvalue weighted by molar-refractivity contribution is 5.79. The Kier molecular flexibility index (Phi) is 4.47. The maximum atomic E-state index is 13.5. The smallest absolute Gasteiger partial charge is 0.366 e. The van der Waals surface area contributed by atoms with Crippen molar-refractivity contribution in [2.24, 2.45) is 5.92 Å². The lowest BCUT2D eigenvalue weighted by Crippen LogP contribution is -2.27. The van der Waals surface area contributed by atoms with Gasteiger partial charge in [-0.05, 0) is 31.1 Å². The van der Waals surface area contributed by atoms with Gasteiger partial charge in [0.05, 0.1) is 12.2 Å². The highest BCUT2D eigenvalue weighted by Gasteiger charge is 2.40. The molecule has 2 fully saturated rings. The Morgan fingerprint density at radius 1 is 1.29 bits per heavy atom. The van der Waals surface area contributed by atoms with Crippen LogP contribution in [0.25, 0.3) is 5.65 Å². The molecule has 2 aromatic heterocycles. The van der Waals surface area contributed by atoms with Gasteiger partial charge < -0.3 is 10.2 Å². The van der Waals surface area contributed by atoms with Crippen LogP contribution in [0.5, 0.6) is 0 Å². The zero-order chi connectivity index (χ0) is 20.1. The first-order valence-corrected chi connectivity index (χ1v) is 8.73. The molecule has 2 aliphatic rings. The van der Waals surface area contributed by atoms with Crippen molar-refractivity contribution in [2.45, 2.75) is 38.0 Å². The molecular weight excluding hydrogens is 385 g/mol. The summed E-state index contributed by atoms with van der Waals surface area (Å²) in [6, 6.07) is 3.23. The first kappa shape index (κ1) is 18.6. The summed E-state index contributed by atoms with van der Waals surface area (Å²) < 4.78 is 66.5. The molecule has 1 atom stereocenters. The fourth-order valence-corrected chi connectivity index (χ4v) is 3.29. The van der Waals surface area contributed by atoms with Crippen molar-refractivity contribution in [2.75, 3.05) is 11.9 Å². The molecule has 2 aromatic rings. The molecule has 4 rings (SSSR count). The summed E-state index contributed by atoms with van der Waals surface area (Å²) in [7, 11) is 0. The number of hydrogen-bond donors (Lipinski definition) is 1. The molecule has 1 aliphatic carbocycles. The molecule has 1 saturated heterocycles. The number of halogens is 5. The second kappa shape index (κ2) is 6.71. The van der Waals surface area contributed by atoms with Crippen molar-refractivity contribution < 1.29 is 26.7 Å². The monoisotopic (exact) mass is 401 g/mol. The number of likely N-dealkylation sites (tertiary alicyclic amines) is 1. The first-order valence-electron chi connectivity index (χ1n) is 8.73. The van der Waals surface area contributed by atoms with Gasteiger partial charge in [0.1, 0.15) is 5.82 Å². The standard InChI is InChI=1S/C17H16F5N5O/c18-12(19)5-9-6-15(28)26(7-9)8-11-16(17(20,21)22)24-14-4-3-13(25-27(11)14)23-10-1-2-10/h3-5,9-10H,1-2,6-8H2,(H,23,25). The Balaban J connectivity index is 1.69. The van der Waals surface area contributed by atoms with Crippen molar-refractivity contribution in [1.82, 2.24) is 19.5 Å². The lowest BCUT2D eigenvalue weighted by Gasteiger charge is -2.17. The fourth-order valence-electron chi connectivity index (χ4n) is 3.29. The summed E-state index contributed by atoms with van der Waals surface area (Å²) in [5, 5.41) is 7.30. The van der Waals surface area contributed by atoms with Crippen LogP contribution in [0.15, 0.2) is 24.3 Å². The third-order valence-electron chi connectivity index (χ3n) is 4.71. The van der Waals surface area contributed by atoms with Gasteiger partial charge in [-0.25, -0.2) is 9.50 Å². The van der Waals surface area contributed by atoms with Crippen LogP contribution < -0.4 is 5.32 Å². The van der Waals surface area contributed by atoms with Crippen LogP contribution >= 0.6 is 0 Å². The minimum Gasteiger partial charge on any atom is -0.366 e. The first-order chi connectivity index (χ1) is 13.2. The molecular formula is C17H16F5N5O. The normalized spacial score (nSPS) is 20.1. The zero-order valence-corrected chi connectivity index (χ0v) is 14.5. The van der Waals surface area contributed by atoms with E-state index in [0.29, 0.717) is 11.9 Å². The molecule has 150 valence electrons. The number of anilines is 1. The number of carbonyl (C=O) groups excluding carboxylic acids is 1. The second-order valence-electron chi connectivity index (χ2n) is 7.01. The Bertz CT molecular complexity index is 945. The van der Waals surface area contributed by atoms with Crippen LogP contribution in [0.2, 0.25) is 0 Å². The van der Waals surface area contributed by atoms with Crippen LogP contribution in [-0.4, -0.2) is 38.0 Å². The Morgan fingerprint density at radius 3 is 2.68 bits per heavy atom. The molecule has 6 nitrogen and oxygen atoms in total. The van der Waals surface area contributed by atoms with E-state index in [4.69, 9.17) is 0 Å². The number of carbonyl (C=O) groups is 1. The summed E-state index contributed by atoms with van der Waals surface area (Å²) in [6.45, 7) is -0.492. The molecule has 1 aliphatic heterocycles. The number of nitrogens with one attached hydrogen (secondary N) is 1. The quantitative estimate of drug-likeness (QED) is 0.780. The third-order valence-corrected chi connectivity index (χ3v) is 4.71. The molecule has 1 N–H and O–H groups in total. The van der Waals surface area contributed by atoms with E-state index in [2.05, 4.69) is 15.4 Å². The summed E-state index contributed by atoms with van der Waals surface area (Å²) in [4.78, 5) is 16.9. The molecule has 0 aromatic carbocycles. The van der Waals surface area contributed by atoms with Gasteiger partial charge in [-0.3, -0.25) is 4.79 Å². The maximum absolute atomic E-state index is 13.5. The highest BCUT2D eigenvalue weighted by Crippen LogP contribution is 2.34. The average molecular weight is 401 g/mol. The average Bonchev–Trinajstić information content (AvgIpc) is 3.23. The molecule has 0 spiro atoms. The van der Waals surface area contributed by atoms with Gasteiger partial charge in [-0.15, -0.1) is 5.10 Å². The lowest BCUT2D eigenvalue weighted by atomic mass is 10.1. The van der Waals surface area contributed by atoms with Gasteiger partial charge in [0.2, 0.25) is 5.91 Å². The minimum atomic E-state index is -4.74. The number of alkyl halides is 3. The predicted octanol–water partition coefficient (Wildman–Crippen LogP) is 3.45. The summed E-state index contributed by atoms with van der Waals surface area (Å²) >= 11 is 0. The molecule has 0 radical (unpaired) electrons. The summed E-state index contributed by atoms with van der Waals surface area (Å²) in [5.41, 5.74) is -1.42.